The van der Waals surface area contributed by atoms with Crippen LogP contribution in [0.1, 0.15) is 33.6 Å². The maximum Gasteiger partial charge on any atom is 0.197 e. The molecule has 0 fully saturated rings. The zero-order chi connectivity index (χ0) is 19.1. The van der Waals surface area contributed by atoms with Crippen molar-refractivity contribution < 1.29 is 9.53 Å². The summed E-state index contributed by atoms with van der Waals surface area (Å²) in [6.45, 7) is 0. The van der Waals surface area contributed by atoms with E-state index in [1.807, 2.05) is 16.5 Å². The highest BCUT2D eigenvalue weighted by Gasteiger charge is 2.21. The molecule has 6 nitrogen and oxygen atoms in total. The fraction of sp³-hybridized carbons (Fsp3) is 0.300. The van der Waals surface area contributed by atoms with Gasteiger partial charge in [0.05, 0.1) is 18.2 Å². The van der Waals surface area contributed by atoms with Crippen molar-refractivity contribution in [3.05, 3.63) is 46.6 Å². The summed E-state index contributed by atoms with van der Waals surface area (Å²) in [5, 5.41) is 10.6. The lowest BCUT2D eigenvalue weighted by molar-refractivity contribution is 0.102. The van der Waals surface area contributed by atoms with Crippen LogP contribution in [0.25, 0.3) is 15.9 Å². The molecule has 0 saturated heterocycles. The van der Waals surface area contributed by atoms with Crippen molar-refractivity contribution in [3.8, 4) is 5.75 Å². The van der Waals surface area contributed by atoms with Crippen molar-refractivity contribution in [2.24, 2.45) is 0 Å². The molecule has 1 aromatic carbocycles. The molecule has 0 N–H and O–H groups in total. The number of Topliss-reactive ketones (excluding diaryl/α,β-unsaturated/α-hetero) is 1. The second-order valence-electron chi connectivity index (χ2n) is 6.76. The van der Waals surface area contributed by atoms with E-state index < -0.39 is 0 Å². The molecule has 0 bridgehead atoms. The number of hydrogen-bond donors (Lipinski definition) is 0. The van der Waals surface area contributed by atoms with Crippen molar-refractivity contribution >= 4 is 44.7 Å². The number of rotatable bonds is 5. The third kappa shape index (κ3) is 2.97. The zero-order valence-corrected chi connectivity index (χ0v) is 17.0. The highest BCUT2D eigenvalue weighted by molar-refractivity contribution is 7.99. The smallest absolute Gasteiger partial charge is 0.197 e. The molecule has 0 spiro atoms. The quantitative estimate of drug-likeness (QED) is 0.363. The Balaban J connectivity index is 1.44. The minimum Gasteiger partial charge on any atom is -0.497 e. The van der Waals surface area contributed by atoms with Gasteiger partial charge in [-0.05, 0) is 43.4 Å². The Hall–Kier alpha value is -2.45. The summed E-state index contributed by atoms with van der Waals surface area (Å²) in [5.74, 6) is 0.994. The Labute approximate surface area is 170 Å². The van der Waals surface area contributed by atoms with E-state index in [2.05, 4.69) is 15.2 Å². The molecular weight excluding hydrogens is 392 g/mol. The molecule has 0 atom stereocenters. The molecule has 3 heterocycles. The van der Waals surface area contributed by atoms with Gasteiger partial charge in [-0.1, -0.05) is 23.9 Å². The largest absolute Gasteiger partial charge is 0.497 e. The maximum atomic E-state index is 12.6. The lowest BCUT2D eigenvalue weighted by Gasteiger charge is -2.10. The van der Waals surface area contributed by atoms with Gasteiger partial charge < -0.3 is 4.74 Å². The summed E-state index contributed by atoms with van der Waals surface area (Å²) in [6, 6.07) is 7.21. The predicted molar refractivity (Wildman–Crippen MR) is 111 cm³/mol. The number of thioether (sulfide) groups is 1. The van der Waals surface area contributed by atoms with Gasteiger partial charge in [0.2, 0.25) is 0 Å². The molecule has 4 aromatic rings. The number of ketones is 1. The number of carbonyl (C=O) groups excluding carboxylic acids is 1. The van der Waals surface area contributed by atoms with Gasteiger partial charge in [0.15, 0.2) is 16.6 Å². The zero-order valence-electron chi connectivity index (χ0n) is 15.3. The van der Waals surface area contributed by atoms with Crippen LogP contribution < -0.4 is 4.74 Å². The molecule has 0 radical (unpaired) electrons. The predicted octanol–water partition coefficient (Wildman–Crippen LogP) is 4.20. The molecule has 0 saturated carbocycles. The van der Waals surface area contributed by atoms with Crippen molar-refractivity contribution in [3.63, 3.8) is 0 Å². The first-order chi connectivity index (χ1) is 13.7. The molecule has 1 aliphatic rings. The van der Waals surface area contributed by atoms with Crippen molar-refractivity contribution in [1.29, 1.82) is 0 Å². The van der Waals surface area contributed by atoms with Gasteiger partial charge in [0.25, 0.3) is 0 Å². The first-order valence-corrected chi connectivity index (χ1v) is 11.0. The second-order valence-corrected chi connectivity index (χ2v) is 8.78. The van der Waals surface area contributed by atoms with Crippen molar-refractivity contribution in [2.75, 3.05) is 12.9 Å². The van der Waals surface area contributed by atoms with Crippen LogP contribution in [-0.4, -0.2) is 38.2 Å². The van der Waals surface area contributed by atoms with Crippen molar-refractivity contribution in [1.82, 2.24) is 19.6 Å². The number of thiophene rings is 1. The van der Waals surface area contributed by atoms with Gasteiger partial charge in [-0.3, -0.25) is 9.20 Å². The van der Waals surface area contributed by atoms with E-state index in [-0.39, 0.29) is 11.5 Å². The van der Waals surface area contributed by atoms with Crippen LogP contribution in [0, 0.1) is 0 Å². The standard InChI is InChI=1S/C20H18N4O2S2/c1-26-13-6-4-5-12(9-13)15(25)10-27-20-23-22-18-17-14-7-2-3-8-16(14)28-19(17)21-11-24(18)20/h4-6,9,11H,2-3,7-8,10H2,1H3. The molecule has 0 aliphatic heterocycles. The van der Waals surface area contributed by atoms with Crippen LogP contribution in [-0.2, 0) is 12.8 Å². The molecule has 8 heteroatoms. The van der Waals surface area contributed by atoms with Crippen LogP contribution in [0.3, 0.4) is 0 Å². The van der Waals surface area contributed by atoms with E-state index in [1.165, 1.54) is 35.0 Å². The number of carbonyl (C=O) groups is 1. The van der Waals surface area contributed by atoms with Gasteiger partial charge in [-0.25, -0.2) is 4.98 Å². The summed E-state index contributed by atoms with van der Waals surface area (Å²) in [4.78, 5) is 19.7. The third-order valence-electron chi connectivity index (χ3n) is 5.06. The third-order valence-corrected chi connectivity index (χ3v) is 7.20. The minimum absolute atomic E-state index is 0.0302. The highest BCUT2D eigenvalue weighted by atomic mass is 32.2. The van der Waals surface area contributed by atoms with Gasteiger partial charge in [-0.2, -0.15) is 0 Å². The van der Waals surface area contributed by atoms with Crippen LogP contribution in [0.5, 0.6) is 5.75 Å². The summed E-state index contributed by atoms with van der Waals surface area (Å²) in [5.41, 5.74) is 2.87. The fourth-order valence-electron chi connectivity index (χ4n) is 3.64. The number of benzene rings is 1. The van der Waals surface area contributed by atoms with Crippen LogP contribution in [0.4, 0.5) is 0 Å². The Morgan fingerprint density at radius 1 is 1.29 bits per heavy atom. The second kappa shape index (κ2) is 7.18. The lowest BCUT2D eigenvalue weighted by atomic mass is 9.97. The molecule has 28 heavy (non-hydrogen) atoms. The minimum atomic E-state index is 0.0302. The van der Waals surface area contributed by atoms with E-state index in [4.69, 9.17) is 4.74 Å². The van der Waals surface area contributed by atoms with E-state index >= 15 is 0 Å². The first kappa shape index (κ1) is 17.6. The van der Waals surface area contributed by atoms with Crippen LogP contribution in [0.15, 0.2) is 35.7 Å². The fourth-order valence-corrected chi connectivity index (χ4v) is 5.66. The number of aromatic nitrogens is 4. The SMILES string of the molecule is COc1cccc(C(=O)CSc2nnc3c4c5c(sc4ncn23)CCCC5)c1. The summed E-state index contributed by atoms with van der Waals surface area (Å²) in [6.07, 6.45) is 6.45. The average molecular weight is 411 g/mol. The number of ether oxygens (including phenoxy) is 1. The van der Waals surface area contributed by atoms with Crippen LogP contribution in [0.2, 0.25) is 0 Å². The van der Waals surface area contributed by atoms with Crippen molar-refractivity contribution in [2.45, 2.75) is 30.8 Å². The van der Waals surface area contributed by atoms with Gasteiger partial charge in [0, 0.05) is 10.4 Å². The molecule has 3 aromatic heterocycles. The molecule has 0 amide bonds. The Morgan fingerprint density at radius 2 is 2.18 bits per heavy atom. The average Bonchev–Trinajstić information content (AvgIpc) is 3.32. The molecular formula is C20H18N4O2S2. The Morgan fingerprint density at radius 3 is 3.07 bits per heavy atom. The monoisotopic (exact) mass is 410 g/mol. The number of nitrogens with zero attached hydrogens (tertiary/aromatic N) is 4. The van der Waals surface area contributed by atoms with Gasteiger partial charge in [0.1, 0.15) is 16.9 Å². The maximum absolute atomic E-state index is 12.6. The van der Waals surface area contributed by atoms with Gasteiger partial charge >= 0.3 is 0 Å². The first-order valence-electron chi connectivity index (χ1n) is 9.18. The Kier molecular flexibility index (Phi) is 4.52. The molecule has 5 rings (SSSR count). The summed E-state index contributed by atoms with van der Waals surface area (Å²) in [7, 11) is 1.59. The number of methoxy groups -OCH3 is 1. The van der Waals surface area contributed by atoms with Crippen LogP contribution >= 0.6 is 23.1 Å². The molecule has 142 valence electrons. The lowest BCUT2D eigenvalue weighted by Crippen LogP contribution is -2.03. The normalized spacial score (nSPS) is 13.8. The van der Waals surface area contributed by atoms with E-state index in [0.29, 0.717) is 16.5 Å². The van der Waals surface area contributed by atoms with E-state index in [1.54, 1.807) is 36.9 Å². The molecule has 1 aliphatic carbocycles. The summed E-state index contributed by atoms with van der Waals surface area (Å²) >= 11 is 3.16. The van der Waals surface area contributed by atoms with Gasteiger partial charge in [-0.15, -0.1) is 21.5 Å². The number of fused-ring (bicyclic) bond motifs is 5. The molecule has 0 unspecified atom stereocenters. The van der Waals surface area contributed by atoms with E-state index in [0.717, 1.165) is 28.7 Å². The topological polar surface area (TPSA) is 69.4 Å². The highest BCUT2D eigenvalue weighted by Crippen LogP contribution is 2.37. The number of hydrogen-bond acceptors (Lipinski definition) is 7. The Bertz CT molecular complexity index is 1200. The summed E-state index contributed by atoms with van der Waals surface area (Å²) < 4.78 is 7.11. The van der Waals surface area contributed by atoms with E-state index in [9.17, 15) is 4.79 Å². The number of aryl methyl sites for hydroxylation is 2.